The summed E-state index contributed by atoms with van der Waals surface area (Å²) < 4.78 is 0.742. The van der Waals surface area contributed by atoms with Gasteiger partial charge in [-0.2, -0.15) is 0 Å². The van der Waals surface area contributed by atoms with Gasteiger partial charge in [-0.25, -0.2) is 0 Å². The highest BCUT2D eigenvalue weighted by Crippen LogP contribution is 2.31. The second kappa shape index (κ2) is 5.19. The fourth-order valence-corrected chi connectivity index (χ4v) is 1.65. The van der Waals surface area contributed by atoms with Gasteiger partial charge in [0.1, 0.15) is 0 Å². The summed E-state index contributed by atoms with van der Waals surface area (Å²) in [5.41, 5.74) is 5.43. The smallest absolute Gasteiger partial charge is 0.231 e. The first-order chi connectivity index (χ1) is 8.05. The molecule has 1 rings (SSSR count). The lowest BCUT2D eigenvalue weighted by molar-refractivity contribution is -0.126. The largest absolute Gasteiger partial charge is 0.326 e. The topological polar surface area (TPSA) is 55.1 Å². The van der Waals surface area contributed by atoms with E-state index in [4.69, 9.17) is 17.3 Å². The van der Waals surface area contributed by atoms with Gasteiger partial charge in [-0.05, 0) is 61.8 Å². The van der Waals surface area contributed by atoms with E-state index in [2.05, 4.69) is 21.2 Å². The molecule has 0 saturated heterocycles. The van der Waals surface area contributed by atoms with Gasteiger partial charge in [0.25, 0.3) is 0 Å². The maximum atomic E-state index is 12.2. The van der Waals surface area contributed by atoms with Crippen LogP contribution in [0.25, 0.3) is 0 Å². The van der Waals surface area contributed by atoms with Crippen LogP contribution in [0.3, 0.4) is 0 Å². The molecule has 100 valence electrons. The Bertz CT molecular complexity index is 467. The van der Waals surface area contributed by atoms with Crippen LogP contribution in [0.1, 0.15) is 27.7 Å². The van der Waals surface area contributed by atoms with Crippen molar-refractivity contribution in [1.82, 2.24) is 0 Å². The summed E-state index contributed by atoms with van der Waals surface area (Å²) in [5.74, 6) is -0.121. The molecular formula is C13H18BrClN2O. The molecule has 0 unspecified atom stereocenters. The van der Waals surface area contributed by atoms with Crippen molar-refractivity contribution in [1.29, 1.82) is 0 Å². The number of carbonyl (C=O) groups is 1. The molecule has 0 radical (unpaired) electrons. The van der Waals surface area contributed by atoms with Crippen molar-refractivity contribution in [2.24, 2.45) is 11.1 Å². The zero-order chi connectivity index (χ0) is 14.1. The molecule has 0 saturated carbocycles. The summed E-state index contributed by atoms with van der Waals surface area (Å²) in [7, 11) is 0. The number of nitrogens with one attached hydrogen (secondary N) is 1. The minimum Gasteiger partial charge on any atom is -0.326 e. The van der Waals surface area contributed by atoms with Crippen molar-refractivity contribution in [3.8, 4) is 0 Å². The first-order valence-electron chi connectivity index (χ1n) is 5.61. The predicted octanol–water partition coefficient (Wildman–Crippen LogP) is 3.80. The number of rotatable bonds is 3. The molecule has 0 aliphatic carbocycles. The number of amides is 1. The van der Waals surface area contributed by atoms with Gasteiger partial charge < -0.3 is 11.1 Å². The normalized spacial score (nSPS) is 12.4. The number of carbonyl (C=O) groups excluding carboxylic acids is 1. The second-order valence-electron chi connectivity index (χ2n) is 5.43. The van der Waals surface area contributed by atoms with E-state index in [1.165, 1.54) is 0 Å². The Labute approximate surface area is 121 Å². The first-order valence-corrected chi connectivity index (χ1v) is 6.78. The van der Waals surface area contributed by atoms with Crippen LogP contribution < -0.4 is 11.1 Å². The maximum Gasteiger partial charge on any atom is 0.231 e. The monoisotopic (exact) mass is 332 g/mol. The van der Waals surface area contributed by atoms with Crippen LogP contribution in [0, 0.1) is 5.41 Å². The Morgan fingerprint density at radius 3 is 2.33 bits per heavy atom. The third kappa shape index (κ3) is 3.25. The van der Waals surface area contributed by atoms with E-state index in [1.54, 1.807) is 18.2 Å². The van der Waals surface area contributed by atoms with Gasteiger partial charge in [-0.1, -0.05) is 11.6 Å². The zero-order valence-corrected chi connectivity index (χ0v) is 13.3. The number of nitrogens with two attached hydrogens (primary N) is 1. The average Bonchev–Trinajstić information content (AvgIpc) is 2.21. The van der Waals surface area contributed by atoms with E-state index in [9.17, 15) is 4.79 Å². The fourth-order valence-electron chi connectivity index (χ4n) is 1.15. The molecule has 1 aromatic carbocycles. The molecule has 0 heterocycles. The molecule has 0 atom stereocenters. The summed E-state index contributed by atoms with van der Waals surface area (Å²) in [4.78, 5) is 12.2. The van der Waals surface area contributed by atoms with Crippen molar-refractivity contribution >= 4 is 39.1 Å². The molecule has 0 fully saturated rings. The van der Waals surface area contributed by atoms with Crippen LogP contribution in [0.15, 0.2) is 22.7 Å². The van der Waals surface area contributed by atoms with E-state index >= 15 is 0 Å². The number of halogens is 2. The maximum absolute atomic E-state index is 12.2. The Hall–Kier alpha value is -0.580. The van der Waals surface area contributed by atoms with Gasteiger partial charge in [-0.3, -0.25) is 4.79 Å². The van der Waals surface area contributed by atoms with Gasteiger partial charge >= 0.3 is 0 Å². The minimum atomic E-state index is -0.681. The van der Waals surface area contributed by atoms with Crippen LogP contribution in [0.4, 0.5) is 5.69 Å². The van der Waals surface area contributed by atoms with E-state index in [1.807, 2.05) is 27.7 Å². The molecule has 1 amide bonds. The van der Waals surface area contributed by atoms with Crippen LogP contribution >= 0.6 is 27.5 Å². The SMILES string of the molecule is CC(C)(N)C(C)(C)C(=O)Nc1ccc(Cl)c(Br)c1. The number of anilines is 1. The number of hydrogen-bond donors (Lipinski definition) is 2. The van der Waals surface area contributed by atoms with Crippen molar-refractivity contribution in [3.63, 3.8) is 0 Å². The summed E-state index contributed by atoms with van der Waals surface area (Å²) in [6.07, 6.45) is 0. The summed E-state index contributed by atoms with van der Waals surface area (Å²) >= 11 is 9.22. The van der Waals surface area contributed by atoms with Crippen molar-refractivity contribution in [2.45, 2.75) is 33.2 Å². The molecule has 0 aliphatic heterocycles. The molecule has 1 aromatic rings. The Kier molecular flexibility index (Phi) is 4.47. The highest BCUT2D eigenvalue weighted by molar-refractivity contribution is 9.10. The summed E-state index contributed by atoms with van der Waals surface area (Å²) in [5, 5.41) is 3.45. The molecule has 5 heteroatoms. The van der Waals surface area contributed by atoms with Crippen LogP contribution in [-0.4, -0.2) is 11.4 Å². The zero-order valence-electron chi connectivity index (χ0n) is 11.0. The molecule has 0 spiro atoms. The number of benzene rings is 1. The van der Waals surface area contributed by atoms with Crippen LogP contribution in [0.2, 0.25) is 5.02 Å². The van der Waals surface area contributed by atoms with E-state index in [0.29, 0.717) is 10.7 Å². The molecule has 3 nitrogen and oxygen atoms in total. The van der Waals surface area contributed by atoms with Crippen LogP contribution in [0.5, 0.6) is 0 Å². The van der Waals surface area contributed by atoms with Crippen molar-refractivity contribution < 1.29 is 4.79 Å². The van der Waals surface area contributed by atoms with Gasteiger partial charge in [-0.15, -0.1) is 0 Å². The fraction of sp³-hybridized carbons (Fsp3) is 0.462. The standard InChI is InChI=1S/C13H18BrClN2O/c1-12(2,13(3,4)16)11(18)17-8-5-6-10(15)9(14)7-8/h5-7H,16H2,1-4H3,(H,17,18). The first kappa shape index (κ1) is 15.5. The lowest BCUT2D eigenvalue weighted by Crippen LogP contribution is -2.53. The lowest BCUT2D eigenvalue weighted by atomic mass is 9.74. The molecule has 0 aliphatic rings. The van der Waals surface area contributed by atoms with Crippen LogP contribution in [-0.2, 0) is 4.79 Å². The quantitative estimate of drug-likeness (QED) is 0.884. The average molecular weight is 334 g/mol. The molecule has 3 N–H and O–H groups in total. The summed E-state index contributed by atoms with van der Waals surface area (Å²) in [6.45, 7) is 7.33. The highest BCUT2D eigenvalue weighted by Gasteiger charge is 2.40. The van der Waals surface area contributed by atoms with E-state index in [0.717, 1.165) is 4.47 Å². The third-order valence-corrected chi connectivity index (χ3v) is 4.57. The van der Waals surface area contributed by atoms with E-state index < -0.39 is 11.0 Å². The summed E-state index contributed by atoms with van der Waals surface area (Å²) in [6, 6.07) is 5.24. The Balaban J connectivity index is 2.91. The third-order valence-electron chi connectivity index (χ3n) is 3.36. The van der Waals surface area contributed by atoms with Gasteiger partial charge in [0.2, 0.25) is 5.91 Å². The predicted molar refractivity (Wildman–Crippen MR) is 79.8 cm³/mol. The van der Waals surface area contributed by atoms with Crippen molar-refractivity contribution in [3.05, 3.63) is 27.7 Å². The van der Waals surface area contributed by atoms with Gasteiger partial charge in [0, 0.05) is 15.7 Å². The number of hydrogen-bond acceptors (Lipinski definition) is 2. The van der Waals surface area contributed by atoms with Crippen molar-refractivity contribution in [2.75, 3.05) is 5.32 Å². The molecular weight excluding hydrogens is 316 g/mol. The lowest BCUT2D eigenvalue weighted by Gasteiger charge is -2.36. The molecule has 0 aromatic heterocycles. The second-order valence-corrected chi connectivity index (χ2v) is 6.69. The van der Waals surface area contributed by atoms with Gasteiger partial charge in [0.05, 0.1) is 10.4 Å². The van der Waals surface area contributed by atoms with Gasteiger partial charge in [0.15, 0.2) is 0 Å². The Morgan fingerprint density at radius 1 is 1.33 bits per heavy atom. The molecule has 0 bridgehead atoms. The minimum absolute atomic E-state index is 0.121. The Morgan fingerprint density at radius 2 is 1.89 bits per heavy atom. The highest BCUT2D eigenvalue weighted by atomic mass is 79.9. The van der Waals surface area contributed by atoms with E-state index in [-0.39, 0.29) is 5.91 Å². The molecule has 18 heavy (non-hydrogen) atoms.